The largest absolute Gasteiger partial charge is 0.347 e. The van der Waals surface area contributed by atoms with Gasteiger partial charge in [-0.15, -0.1) is 0 Å². The predicted molar refractivity (Wildman–Crippen MR) is 59.2 cm³/mol. The van der Waals surface area contributed by atoms with E-state index in [4.69, 9.17) is 17.4 Å². The fraction of sp³-hybridized carbons (Fsp3) is 0.100. The lowest BCUT2D eigenvalue weighted by Crippen LogP contribution is -2.29. The molecule has 1 aromatic carbocycles. The highest BCUT2D eigenvalue weighted by molar-refractivity contribution is 6.30. The minimum absolute atomic E-state index is 0.141. The zero-order valence-electron chi connectivity index (χ0n) is 7.94. The molecule has 0 aliphatic heterocycles. The molecule has 4 nitrogen and oxygen atoms in total. The van der Waals surface area contributed by atoms with E-state index in [0.717, 1.165) is 11.4 Å². The number of nitrogens with two attached hydrogens (primary N) is 1. The molecule has 0 aliphatic rings. The molecule has 2 aromatic rings. The molecule has 0 bridgehead atoms. The normalized spacial score (nSPS) is 12.7. The fourth-order valence-corrected chi connectivity index (χ4v) is 1.55. The number of hydrogen-bond acceptors (Lipinski definition) is 3. The number of imidazole rings is 1. The summed E-state index contributed by atoms with van der Waals surface area (Å²) in [4.78, 5) is 7.17. The Morgan fingerprint density at radius 2 is 2.07 bits per heavy atom. The number of halogens is 1. The zero-order chi connectivity index (χ0) is 10.7. The van der Waals surface area contributed by atoms with Crippen molar-refractivity contribution in [2.45, 2.75) is 6.04 Å². The van der Waals surface area contributed by atoms with Crippen molar-refractivity contribution in [2.75, 3.05) is 0 Å². The van der Waals surface area contributed by atoms with Crippen LogP contribution in [0, 0.1) is 0 Å². The molecule has 0 aliphatic carbocycles. The molecule has 15 heavy (non-hydrogen) atoms. The van der Waals surface area contributed by atoms with E-state index in [-0.39, 0.29) is 6.04 Å². The molecule has 0 radical (unpaired) electrons. The lowest BCUT2D eigenvalue weighted by Gasteiger charge is -2.13. The summed E-state index contributed by atoms with van der Waals surface area (Å²) in [5.74, 6) is 6.27. The van der Waals surface area contributed by atoms with Crippen LogP contribution in [0.3, 0.4) is 0 Å². The van der Waals surface area contributed by atoms with Gasteiger partial charge >= 0.3 is 0 Å². The Morgan fingerprint density at radius 3 is 2.60 bits per heavy atom. The van der Waals surface area contributed by atoms with Gasteiger partial charge < -0.3 is 4.98 Å². The maximum atomic E-state index is 5.81. The zero-order valence-corrected chi connectivity index (χ0v) is 8.70. The summed E-state index contributed by atoms with van der Waals surface area (Å²) in [6.07, 6.45) is 3.45. The molecular weight excluding hydrogens is 212 g/mol. The van der Waals surface area contributed by atoms with Crippen LogP contribution >= 0.6 is 11.6 Å². The summed E-state index contributed by atoms with van der Waals surface area (Å²) in [6.45, 7) is 0. The average Bonchev–Trinajstić information content (AvgIpc) is 2.75. The highest BCUT2D eigenvalue weighted by Crippen LogP contribution is 2.19. The standard InChI is InChI=1S/C10H11ClN4/c11-8-3-1-7(2-4-8)9(15-12)10-13-5-6-14-10/h1-6,9,15H,12H2,(H,13,14). The molecule has 1 unspecified atom stereocenters. The highest BCUT2D eigenvalue weighted by atomic mass is 35.5. The molecule has 78 valence electrons. The number of hydrazine groups is 1. The summed E-state index contributed by atoms with van der Waals surface area (Å²) in [7, 11) is 0. The van der Waals surface area contributed by atoms with Crippen molar-refractivity contribution in [3.8, 4) is 0 Å². The first-order valence-corrected chi connectivity index (χ1v) is 4.90. The van der Waals surface area contributed by atoms with Gasteiger partial charge in [0.25, 0.3) is 0 Å². The van der Waals surface area contributed by atoms with Crippen molar-refractivity contribution >= 4 is 11.6 Å². The number of aromatic nitrogens is 2. The van der Waals surface area contributed by atoms with E-state index in [0.29, 0.717) is 5.02 Å². The third kappa shape index (κ3) is 2.18. The lowest BCUT2D eigenvalue weighted by atomic mass is 10.1. The highest BCUT2D eigenvalue weighted by Gasteiger charge is 2.13. The van der Waals surface area contributed by atoms with Gasteiger partial charge in [-0.1, -0.05) is 23.7 Å². The fourth-order valence-electron chi connectivity index (χ4n) is 1.42. The van der Waals surface area contributed by atoms with Gasteiger partial charge in [-0.3, -0.25) is 5.84 Å². The van der Waals surface area contributed by atoms with E-state index in [2.05, 4.69) is 15.4 Å². The molecule has 5 heteroatoms. The molecule has 0 saturated heterocycles. The number of nitrogens with one attached hydrogen (secondary N) is 2. The van der Waals surface area contributed by atoms with Crippen LogP contribution in [0.2, 0.25) is 5.02 Å². The van der Waals surface area contributed by atoms with Gasteiger partial charge in [0.2, 0.25) is 0 Å². The maximum absolute atomic E-state index is 5.81. The molecule has 4 N–H and O–H groups in total. The maximum Gasteiger partial charge on any atom is 0.129 e. The first kappa shape index (κ1) is 10.2. The van der Waals surface area contributed by atoms with Crippen molar-refractivity contribution in [2.24, 2.45) is 5.84 Å². The topological polar surface area (TPSA) is 66.7 Å². The summed E-state index contributed by atoms with van der Waals surface area (Å²) in [5.41, 5.74) is 3.71. The predicted octanol–water partition coefficient (Wildman–Crippen LogP) is 1.62. The van der Waals surface area contributed by atoms with Crippen molar-refractivity contribution in [3.05, 3.63) is 53.1 Å². The van der Waals surface area contributed by atoms with Crippen molar-refractivity contribution in [1.29, 1.82) is 0 Å². The van der Waals surface area contributed by atoms with E-state index in [9.17, 15) is 0 Å². The van der Waals surface area contributed by atoms with E-state index < -0.39 is 0 Å². The Balaban J connectivity index is 2.31. The second-order valence-electron chi connectivity index (χ2n) is 3.13. The molecule has 2 rings (SSSR count). The molecular formula is C10H11ClN4. The average molecular weight is 223 g/mol. The van der Waals surface area contributed by atoms with Crippen molar-refractivity contribution in [3.63, 3.8) is 0 Å². The van der Waals surface area contributed by atoms with Gasteiger partial charge in [0.1, 0.15) is 11.9 Å². The molecule has 0 fully saturated rings. The molecule has 1 atom stereocenters. The molecule has 1 aromatic heterocycles. The van der Waals surface area contributed by atoms with E-state index >= 15 is 0 Å². The van der Waals surface area contributed by atoms with Crippen LogP contribution in [0.5, 0.6) is 0 Å². The first-order chi connectivity index (χ1) is 7.31. The number of nitrogens with zero attached hydrogens (tertiary/aromatic N) is 1. The van der Waals surface area contributed by atoms with E-state index in [1.165, 1.54) is 0 Å². The molecule has 0 amide bonds. The number of hydrogen-bond donors (Lipinski definition) is 3. The molecule has 0 saturated carbocycles. The van der Waals surface area contributed by atoms with Crippen LogP contribution in [0.25, 0.3) is 0 Å². The van der Waals surface area contributed by atoms with Crippen LogP contribution in [-0.2, 0) is 0 Å². The number of benzene rings is 1. The van der Waals surface area contributed by atoms with Gasteiger partial charge in [-0.2, -0.15) is 0 Å². The summed E-state index contributed by atoms with van der Waals surface area (Å²) >= 11 is 5.81. The summed E-state index contributed by atoms with van der Waals surface area (Å²) in [6, 6.07) is 7.33. The van der Waals surface area contributed by atoms with Gasteiger partial charge in [-0.05, 0) is 17.7 Å². The minimum Gasteiger partial charge on any atom is -0.347 e. The number of aromatic amines is 1. The monoisotopic (exact) mass is 222 g/mol. The Labute approximate surface area is 92.4 Å². The quantitative estimate of drug-likeness (QED) is 0.546. The third-order valence-electron chi connectivity index (χ3n) is 2.16. The Hall–Kier alpha value is -1.36. The first-order valence-electron chi connectivity index (χ1n) is 4.52. The number of rotatable bonds is 3. The second-order valence-corrected chi connectivity index (χ2v) is 3.56. The van der Waals surface area contributed by atoms with Crippen LogP contribution in [0.15, 0.2) is 36.7 Å². The summed E-state index contributed by atoms with van der Waals surface area (Å²) in [5, 5.41) is 0.703. The van der Waals surface area contributed by atoms with Gasteiger partial charge in [-0.25, -0.2) is 10.4 Å². The van der Waals surface area contributed by atoms with Crippen LogP contribution < -0.4 is 11.3 Å². The SMILES string of the molecule is NNC(c1ccc(Cl)cc1)c1ncc[nH]1. The Kier molecular flexibility index (Phi) is 3.01. The summed E-state index contributed by atoms with van der Waals surface area (Å²) < 4.78 is 0. The van der Waals surface area contributed by atoms with Crippen LogP contribution in [0.1, 0.15) is 17.4 Å². The van der Waals surface area contributed by atoms with E-state index in [1.54, 1.807) is 12.4 Å². The molecule has 1 heterocycles. The number of H-pyrrole nitrogens is 1. The third-order valence-corrected chi connectivity index (χ3v) is 2.41. The smallest absolute Gasteiger partial charge is 0.129 e. The lowest BCUT2D eigenvalue weighted by molar-refractivity contribution is 0.608. The Bertz CT molecular complexity index is 409. The van der Waals surface area contributed by atoms with Crippen LogP contribution in [-0.4, -0.2) is 9.97 Å². The van der Waals surface area contributed by atoms with Gasteiger partial charge in [0.15, 0.2) is 0 Å². The molecule has 0 spiro atoms. The minimum atomic E-state index is -0.141. The Morgan fingerprint density at radius 1 is 1.33 bits per heavy atom. The van der Waals surface area contributed by atoms with Crippen molar-refractivity contribution in [1.82, 2.24) is 15.4 Å². The van der Waals surface area contributed by atoms with Gasteiger partial charge in [0.05, 0.1) is 0 Å². The van der Waals surface area contributed by atoms with E-state index in [1.807, 2.05) is 24.3 Å². The van der Waals surface area contributed by atoms with Crippen molar-refractivity contribution < 1.29 is 0 Å². The van der Waals surface area contributed by atoms with Crippen LogP contribution in [0.4, 0.5) is 0 Å². The second kappa shape index (κ2) is 4.44. The van der Waals surface area contributed by atoms with Gasteiger partial charge in [0, 0.05) is 17.4 Å².